The molecule has 1 aliphatic carbocycles. The van der Waals surface area contributed by atoms with Crippen LogP contribution in [-0.2, 0) is 19.0 Å². The third-order valence-electron chi connectivity index (χ3n) is 5.52. The summed E-state index contributed by atoms with van der Waals surface area (Å²) >= 11 is 0. The van der Waals surface area contributed by atoms with Gasteiger partial charge in [0.1, 0.15) is 0 Å². The number of carbonyl (C=O) groups is 1. The lowest BCUT2D eigenvalue weighted by atomic mass is 9.76. The van der Waals surface area contributed by atoms with Crippen molar-refractivity contribution in [3.05, 3.63) is 11.6 Å². The van der Waals surface area contributed by atoms with Crippen LogP contribution in [0.1, 0.15) is 67.2 Å². The molecule has 5 heteroatoms. The van der Waals surface area contributed by atoms with Crippen LogP contribution >= 0.6 is 0 Å². The highest BCUT2D eigenvalue weighted by Crippen LogP contribution is 2.38. The Bertz CT molecular complexity index is 419. The first-order valence-corrected chi connectivity index (χ1v) is 12.1. The number of hydrogen-bond donors (Lipinski definition) is 0. The molecule has 4 nitrogen and oxygen atoms in total. The van der Waals surface area contributed by atoms with Gasteiger partial charge in [0.2, 0.25) is 8.32 Å². The van der Waals surface area contributed by atoms with Crippen molar-refractivity contribution >= 4 is 14.3 Å². The molecule has 0 heterocycles. The van der Waals surface area contributed by atoms with Crippen LogP contribution in [0.2, 0.25) is 18.1 Å². The predicted molar refractivity (Wildman–Crippen MR) is 100 cm³/mol. The van der Waals surface area contributed by atoms with Crippen molar-refractivity contribution in [3.63, 3.8) is 0 Å². The Labute approximate surface area is 149 Å². The number of ether oxygens (including phenoxy) is 1. The molecule has 0 aromatic rings. The van der Waals surface area contributed by atoms with E-state index in [1.54, 1.807) is 6.08 Å². The van der Waals surface area contributed by atoms with E-state index in [2.05, 4.69) is 34.6 Å². The summed E-state index contributed by atoms with van der Waals surface area (Å²) in [4.78, 5) is 17.7. The zero-order valence-electron chi connectivity index (χ0n) is 16.4. The van der Waals surface area contributed by atoms with Crippen molar-refractivity contribution in [3.8, 4) is 0 Å². The quantitative estimate of drug-likeness (QED) is 0.182. The fraction of sp³-hybridized carbons (Fsp3) is 0.842. The normalized spacial score (nSPS) is 21.1. The molecule has 0 radical (unpaired) electrons. The van der Waals surface area contributed by atoms with Gasteiger partial charge < -0.3 is 4.74 Å². The zero-order valence-corrected chi connectivity index (χ0v) is 17.4. The summed E-state index contributed by atoms with van der Waals surface area (Å²) in [7, 11) is -1.76. The van der Waals surface area contributed by atoms with Crippen LogP contribution in [0.15, 0.2) is 11.6 Å². The van der Waals surface area contributed by atoms with Gasteiger partial charge in [-0.3, -0.25) is 4.58 Å². The maximum Gasteiger partial charge on any atom is 0.330 e. The first-order chi connectivity index (χ1) is 11.3. The lowest BCUT2D eigenvalue weighted by Gasteiger charge is -2.39. The van der Waals surface area contributed by atoms with Gasteiger partial charge in [-0.1, -0.05) is 26.3 Å². The standard InChI is InChI=1S/C19H36O4Si/c1-7-21-18(20)15-16-12-11-13-17(14-16)19(5,6)22-23-24(8-2,9-3)10-4/h15,17H,7-14H2,1-6H3/b16-15-. The van der Waals surface area contributed by atoms with Crippen LogP contribution in [0.5, 0.6) is 0 Å². The summed E-state index contributed by atoms with van der Waals surface area (Å²) in [5, 5.41) is 0. The highest BCUT2D eigenvalue weighted by molar-refractivity contribution is 6.73. The smallest absolute Gasteiger partial charge is 0.330 e. The van der Waals surface area contributed by atoms with E-state index in [1.165, 1.54) is 5.57 Å². The summed E-state index contributed by atoms with van der Waals surface area (Å²) in [5.74, 6) is 0.140. The van der Waals surface area contributed by atoms with E-state index in [9.17, 15) is 4.79 Å². The molecule has 0 aliphatic heterocycles. The second-order valence-electron chi connectivity index (χ2n) is 7.36. The van der Waals surface area contributed by atoms with Crippen LogP contribution in [0.4, 0.5) is 0 Å². The molecule has 1 aliphatic rings. The Morgan fingerprint density at radius 1 is 1.21 bits per heavy atom. The molecule has 0 saturated heterocycles. The lowest BCUT2D eigenvalue weighted by Crippen LogP contribution is -2.43. The minimum atomic E-state index is -1.76. The van der Waals surface area contributed by atoms with Crippen molar-refractivity contribution in [1.82, 2.24) is 0 Å². The van der Waals surface area contributed by atoms with Crippen molar-refractivity contribution in [2.24, 2.45) is 5.92 Å². The summed E-state index contributed by atoms with van der Waals surface area (Å²) in [6, 6.07) is 3.23. The average molecular weight is 357 g/mol. The molecule has 0 amide bonds. The average Bonchev–Trinajstić information content (AvgIpc) is 2.57. The number of esters is 1. The fourth-order valence-corrected chi connectivity index (χ4v) is 5.61. The van der Waals surface area contributed by atoms with Crippen molar-refractivity contribution in [2.45, 2.75) is 91.0 Å². The third-order valence-corrected chi connectivity index (χ3v) is 9.82. The molecular weight excluding hydrogens is 320 g/mol. The van der Waals surface area contributed by atoms with Crippen molar-refractivity contribution in [1.29, 1.82) is 0 Å². The molecule has 1 fully saturated rings. The first-order valence-electron chi connectivity index (χ1n) is 9.55. The van der Waals surface area contributed by atoms with Crippen molar-refractivity contribution < 1.29 is 19.0 Å². The van der Waals surface area contributed by atoms with Crippen LogP contribution in [-0.4, -0.2) is 26.5 Å². The molecule has 1 rings (SSSR count). The molecule has 24 heavy (non-hydrogen) atoms. The Kier molecular flexibility index (Phi) is 8.67. The van der Waals surface area contributed by atoms with Crippen LogP contribution in [0.3, 0.4) is 0 Å². The van der Waals surface area contributed by atoms with E-state index in [0.29, 0.717) is 12.5 Å². The molecule has 1 saturated carbocycles. The number of allylic oxidation sites excluding steroid dienone is 1. The van der Waals surface area contributed by atoms with Crippen LogP contribution in [0, 0.1) is 5.92 Å². The van der Waals surface area contributed by atoms with E-state index in [0.717, 1.165) is 43.8 Å². The molecular formula is C19H36O4Si. The summed E-state index contributed by atoms with van der Waals surface area (Å²) < 4.78 is 11.1. The Morgan fingerprint density at radius 2 is 1.83 bits per heavy atom. The van der Waals surface area contributed by atoms with E-state index >= 15 is 0 Å². The second-order valence-corrected chi connectivity index (χ2v) is 12.0. The SMILES string of the molecule is CCOC(=O)/C=C1/CCCC(C(C)(C)OO[Si](CC)(CC)CC)C1. The number of rotatable bonds is 9. The number of hydrogen-bond acceptors (Lipinski definition) is 4. The zero-order chi connectivity index (χ0) is 18.2. The maximum atomic E-state index is 11.7. The molecule has 0 bridgehead atoms. The van der Waals surface area contributed by atoms with Gasteiger partial charge in [0.05, 0.1) is 12.2 Å². The molecule has 1 unspecified atom stereocenters. The maximum absolute atomic E-state index is 11.7. The molecule has 0 spiro atoms. The highest BCUT2D eigenvalue weighted by atomic mass is 28.4. The van der Waals surface area contributed by atoms with Gasteiger partial charge in [0.15, 0.2) is 0 Å². The highest BCUT2D eigenvalue weighted by Gasteiger charge is 2.38. The molecule has 0 aromatic carbocycles. The summed E-state index contributed by atoms with van der Waals surface area (Å²) in [6.07, 6.45) is 5.73. The van der Waals surface area contributed by atoms with Gasteiger partial charge >= 0.3 is 5.97 Å². The summed E-state index contributed by atoms with van der Waals surface area (Å²) in [5.41, 5.74) is 0.831. The third kappa shape index (κ3) is 6.01. The Morgan fingerprint density at radius 3 is 2.38 bits per heavy atom. The Balaban J connectivity index is 2.70. The molecule has 0 aromatic heterocycles. The topological polar surface area (TPSA) is 44.8 Å². The first kappa shape index (κ1) is 21.4. The van der Waals surface area contributed by atoms with E-state index in [1.807, 2.05) is 6.92 Å². The van der Waals surface area contributed by atoms with Crippen LogP contribution < -0.4 is 0 Å². The largest absolute Gasteiger partial charge is 0.463 e. The van der Waals surface area contributed by atoms with E-state index in [-0.39, 0.29) is 11.6 Å². The fourth-order valence-electron chi connectivity index (χ4n) is 3.36. The molecule has 1 atom stereocenters. The monoisotopic (exact) mass is 356 g/mol. The Hall–Kier alpha value is -0.653. The van der Waals surface area contributed by atoms with Gasteiger partial charge in [-0.05, 0) is 70.5 Å². The molecule has 140 valence electrons. The van der Waals surface area contributed by atoms with Crippen molar-refractivity contribution in [2.75, 3.05) is 6.61 Å². The minimum absolute atomic E-state index is 0.225. The van der Waals surface area contributed by atoms with E-state index in [4.69, 9.17) is 14.2 Å². The van der Waals surface area contributed by atoms with Gasteiger partial charge in [-0.15, -0.1) is 0 Å². The number of carbonyl (C=O) groups excluding carboxylic acids is 1. The van der Waals surface area contributed by atoms with Gasteiger partial charge in [0, 0.05) is 6.08 Å². The second kappa shape index (κ2) is 9.73. The van der Waals surface area contributed by atoms with Gasteiger partial charge in [0.25, 0.3) is 0 Å². The van der Waals surface area contributed by atoms with Gasteiger partial charge in [-0.2, -0.15) is 0 Å². The predicted octanol–water partition coefficient (Wildman–Crippen LogP) is 5.40. The van der Waals surface area contributed by atoms with Gasteiger partial charge in [-0.25, -0.2) is 9.68 Å². The minimum Gasteiger partial charge on any atom is -0.463 e. The lowest BCUT2D eigenvalue weighted by molar-refractivity contribution is -0.308. The molecule has 0 N–H and O–H groups in total. The van der Waals surface area contributed by atoms with E-state index < -0.39 is 8.32 Å². The van der Waals surface area contributed by atoms with Crippen LogP contribution in [0.25, 0.3) is 0 Å². The summed E-state index contributed by atoms with van der Waals surface area (Å²) in [6.45, 7) is 13.1.